The van der Waals surface area contributed by atoms with Crippen LogP contribution in [0.3, 0.4) is 0 Å². The van der Waals surface area contributed by atoms with Crippen molar-refractivity contribution < 1.29 is 5.11 Å². The van der Waals surface area contributed by atoms with Crippen molar-refractivity contribution in [3.8, 4) is 0 Å². The second-order valence-electron chi connectivity index (χ2n) is 4.03. The lowest BCUT2D eigenvalue weighted by Crippen LogP contribution is -2.12. The first-order chi connectivity index (χ1) is 9.31. The van der Waals surface area contributed by atoms with Crippen molar-refractivity contribution in [3.05, 3.63) is 36.9 Å². The minimum absolute atomic E-state index is 0.169. The number of pyridine rings is 1. The molecule has 0 saturated heterocycles. The van der Waals surface area contributed by atoms with E-state index < -0.39 is 0 Å². The van der Waals surface area contributed by atoms with Crippen LogP contribution in [-0.2, 0) is 0 Å². The first kappa shape index (κ1) is 13.2. The molecule has 0 saturated carbocycles. The van der Waals surface area contributed by atoms with Gasteiger partial charge in [0.15, 0.2) is 0 Å². The number of hydrogen-bond donors (Lipinski definition) is 2. The summed E-state index contributed by atoms with van der Waals surface area (Å²) in [6, 6.07) is 5.71. The van der Waals surface area contributed by atoms with Gasteiger partial charge in [-0.2, -0.15) is 0 Å². The molecule has 100 valence electrons. The van der Waals surface area contributed by atoms with Crippen molar-refractivity contribution in [1.29, 1.82) is 0 Å². The van der Waals surface area contributed by atoms with E-state index in [9.17, 15) is 0 Å². The van der Waals surface area contributed by atoms with Crippen molar-refractivity contribution in [1.82, 2.24) is 15.0 Å². The lowest BCUT2D eigenvalue weighted by atomic mass is 10.3. The van der Waals surface area contributed by atoms with Crippen molar-refractivity contribution in [2.24, 2.45) is 0 Å². The quantitative estimate of drug-likeness (QED) is 0.765. The van der Waals surface area contributed by atoms with Crippen molar-refractivity contribution in [2.45, 2.75) is 6.42 Å². The highest BCUT2D eigenvalue weighted by Gasteiger charge is 2.06. The molecule has 0 spiro atoms. The lowest BCUT2D eigenvalue weighted by molar-refractivity contribution is 0.292. The zero-order chi connectivity index (χ0) is 13.5. The molecule has 0 radical (unpaired) electrons. The average molecular weight is 259 g/mol. The molecule has 2 heterocycles. The molecule has 0 aliphatic rings. The number of nitrogens with zero attached hydrogens (tertiary/aromatic N) is 4. The third-order valence-corrected chi connectivity index (χ3v) is 2.69. The fraction of sp³-hybridized carbons (Fsp3) is 0.308. The SMILES string of the molecule is CN(c1ccncc1)c1cc(NCCCO)ncn1. The minimum atomic E-state index is 0.169. The average Bonchev–Trinajstić information content (AvgIpc) is 2.48. The fourth-order valence-electron chi connectivity index (χ4n) is 1.62. The molecule has 0 amide bonds. The van der Waals surface area contributed by atoms with E-state index in [1.165, 1.54) is 6.33 Å². The summed E-state index contributed by atoms with van der Waals surface area (Å²) in [6.07, 6.45) is 5.70. The normalized spacial score (nSPS) is 10.2. The van der Waals surface area contributed by atoms with E-state index in [-0.39, 0.29) is 6.61 Å². The first-order valence-electron chi connectivity index (χ1n) is 6.12. The highest BCUT2D eigenvalue weighted by molar-refractivity contribution is 5.60. The predicted octanol–water partition coefficient (Wildman–Crippen LogP) is 1.43. The summed E-state index contributed by atoms with van der Waals surface area (Å²) in [6.45, 7) is 0.855. The van der Waals surface area contributed by atoms with Gasteiger partial charge in [0.05, 0.1) is 0 Å². The van der Waals surface area contributed by atoms with Crippen LogP contribution in [0.1, 0.15) is 6.42 Å². The van der Waals surface area contributed by atoms with Gasteiger partial charge >= 0.3 is 0 Å². The van der Waals surface area contributed by atoms with Gasteiger partial charge in [-0.25, -0.2) is 9.97 Å². The molecule has 2 aromatic heterocycles. The molecule has 0 aliphatic heterocycles. The van der Waals surface area contributed by atoms with Gasteiger partial charge < -0.3 is 15.3 Å². The molecule has 2 rings (SSSR count). The van der Waals surface area contributed by atoms with E-state index in [0.717, 1.165) is 17.3 Å². The lowest BCUT2D eigenvalue weighted by Gasteiger charge is -2.18. The Hall–Kier alpha value is -2.21. The van der Waals surface area contributed by atoms with Gasteiger partial charge in [0.2, 0.25) is 0 Å². The summed E-state index contributed by atoms with van der Waals surface area (Å²) in [5.41, 5.74) is 1.01. The van der Waals surface area contributed by atoms with Gasteiger partial charge in [-0.1, -0.05) is 0 Å². The number of anilines is 3. The van der Waals surface area contributed by atoms with Crippen LogP contribution >= 0.6 is 0 Å². The molecule has 2 N–H and O–H groups in total. The minimum Gasteiger partial charge on any atom is -0.396 e. The van der Waals surface area contributed by atoms with E-state index in [2.05, 4.69) is 20.3 Å². The van der Waals surface area contributed by atoms with Crippen LogP contribution in [0, 0.1) is 0 Å². The zero-order valence-corrected chi connectivity index (χ0v) is 10.8. The number of aliphatic hydroxyl groups is 1. The third kappa shape index (κ3) is 3.62. The van der Waals surface area contributed by atoms with Crippen LogP contribution in [0.4, 0.5) is 17.3 Å². The highest BCUT2D eigenvalue weighted by Crippen LogP contribution is 2.21. The molecule has 0 atom stereocenters. The predicted molar refractivity (Wildman–Crippen MR) is 74.5 cm³/mol. The number of hydrogen-bond acceptors (Lipinski definition) is 6. The summed E-state index contributed by atoms with van der Waals surface area (Å²) in [5, 5.41) is 11.9. The highest BCUT2D eigenvalue weighted by atomic mass is 16.3. The van der Waals surface area contributed by atoms with Gasteiger partial charge in [-0.3, -0.25) is 4.98 Å². The molecular weight excluding hydrogens is 242 g/mol. The monoisotopic (exact) mass is 259 g/mol. The molecule has 0 aliphatic carbocycles. The van der Waals surface area contributed by atoms with Gasteiger partial charge in [0.25, 0.3) is 0 Å². The summed E-state index contributed by atoms with van der Waals surface area (Å²) in [7, 11) is 1.94. The van der Waals surface area contributed by atoms with Gasteiger partial charge in [0, 0.05) is 44.3 Å². The van der Waals surface area contributed by atoms with Crippen molar-refractivity contribution in [3.63, 3.8) is 0 Å². The summed E-state index contributed by atoms with van der Waals surface area (Å²) in [4.78, 5) is 14.3. The van der Waals surface area contributed by atoms with Crippen LogP contribution in [0.25, 0.3) is 0 Å². The number of aromatic nitrogens is 3. The Kier molecular flexibility index (Phi) is 4.63. The topological polar surface area (TPSA) is 74.2 Å². The molecule has 6 nitrogen and oxygen atoms in total. The second-order valence-corrected chi connectivity index (χ2v) is 4.03. The molecular formula is C13H17N5O. The van der Waals surface area contributed by atoms with E-state index in [1.54, 1.807) is 12.4 Å². The largest absolute Gasteiger partial charge is 0.396 e. The Morgan fingerprint density at radius 3 is 2.79 bits per heavy atom. The molecule has 6 heteroatoms. The number of aliphatic hydroxyl groups excluding tert-OH is 1. The van der Waals surface area contributed by atoms with Crippen molar-refractivity contribution in [2.75, 3.05) is 30.4 Å². The zero-order valence-electron chi connectivity index (χ0n) is 10.8. The van der Waals surface area contributed by atoms with E-state index in [4.69, 9.17) is 5.11 Å². The Morgan fingerprint density at radius 1 is 1.26 bits per heavy atom. The molecule has 0 fully saturated rings. The summed E-state index contributed by atoms with van der Waals surface area (Å²) in [5.74, 6) is 1.55. The first-order valence-corrected chi connectivity index (χ1v) is 6.12. The molecule has 0 aromatic carbocycles. The maximum Gasteiger partial charge on any atom is 0.138 e. The summed E-state index contributed by atoms with van der Waals surface area (Å²) < 4.78 is 0. The van der Waals surface area contributed by atoms with Crippen LogP contribution in [-0.4, -0.2) is 40.3 Å². The van der Waals surface area contributed by atoms with Gasteiger partial charge in [-0.15, -0.1) is 0 Å². The molecule has 2 aromatic rings. The third-order valence-electron chi connectivity index (χ3n) is 2.69. The van der Waals surface area contributed by atoms with E-state index >= 15 is 0 Å². The maximum atomic E-state index is 8.75. The Morgan fingerprint density at radius 2 is 2.05 bits per heavy atom. The molecule has 0 unspecified atom stereocenters. The second kappa shape index (κ2) is 6.65. The van der Waals surface area contributed by atoms with Crippen LogP contribution in [0.2, 0.25) is 0 Å². The Bertz CT molecular complexity index is 505. The van der Waals surface area contributed by atoms with Crippen LogP contribution in [0.5, 0.6) is 0 Å². The van der Waals surface area contributed by atoms with Crippen LogP contribution in [0.15, 0.2) is 36.9 Å². The Labute approximate surface area is 112 Å². The fourth-order valence-corrected chi connectivity index (χ4v) is 1.62. The van der Waals surface area contributed by atoms with Crippen molar-refractivity contribution >= 4 is 17.3 Å². The molecule has 0 bridgehead atoms. The van der Waals surface area contributed by atoms with E-state index in [0.29, 0.717) is 13.0 Å². The maximum absolute atomic E-state index is 8.75. The molecule has 19 heavy (non-hydrogen) atoms. The smallest absolute Gasteiger partial charge is 0.138 e. The van der Waals surface area contributed by atoms with Gasteiger partial charge in [0.1, 0.15) is 18.0 Å². The number of rotatable bonds is 6. The van der Waals surface area contributed by atoms with Gasteiger partial charge in [-0.05, 0) is 18.6 Å². The van der Waals surface area contributed by atoms with Crippen LogP contribution < -0.4 is 10.2 Å². The standard InChI is InChI=1S/C13H17N5O/c1-18(11-3-6-14-7-4-11)13-9-12(16-10-17-13)15-5-2-8-19/h3-4,6-7,9-10,19H,2,5,8H2,1H3,(H,15,16,17). The summed E-state index contributed by atoms with van der Waals surface area (Å²) >= 11 is 0. The van der Waals surface area contributed by atoms with E-state index in [1.807, 2.05) is 30.1 Å². The number of nitrogens with one attached hydrogen (secondary N) is 1. The Balaban J connectivity index is 2.10.